The van der Waals surface area contributed by atoms with E-state index in [2.05, 4.69) is 63.6 Å². The predicted molar refractivity (Wildman–Crippen MR) is 115 cm³/mol. The zero-order valence-corrected chi connectivity index (χ0v) is 17.0. The van der Waals surface area contributed by atoms with E-state index in [1.165, 1.54) is 30.4 Å². The zero-order valence-electron chi connectivity index (χ0n) is 16.1. The molecular formula is C23H28ClN3O. The van der Waals surface area contributed by atoms with Gasteiger partial charge in [-0.15, -0.1) is 12.4 Å². The lowest BCUT2D eigenvalue weighted by atomic mass is 9.82. The van der Waals surface area contributed by atoms with Crippen molar-refractivity contribution in [3.63, 3.8) is 0 Å². The van der Waals surface area contributed by atoms with Gasteiger partial charge in [0.15, 0.2) is 0 Å². The summed E-state index contributed by atoms with van der Waals surface area (Å²) in [5, 5.41) is 3.11. The van der Waals surface area contributed by atoms with E-state index < -0.39 is 0 Å². The molecule has 0 unspecified atom stereocenters. The molecule has 2 fully saturated rings. The molecule has 1 aliphatic carbocycles. The predicted octanol–water partition coefficient (Wildman–Crippen LogP) is 3.91. The first-order valence-electron chi connectivity index (χ1n) is 10.2. The molecule has 0 aromatic heterocycles. The fraction of sp³-hybridized carbons (Fsp3) is 0.435. The third-order valence-electron chi connectivity index (χ3n) is 6.81. The van der Waals surface area contributed by atoms with Crippen LogP contribution in [0.3, 0.4) is 0 Å². The standard InChI is InChI=1S/C23H27N3O.ClH/c27-22-23(26(17-24-22)19-9-2-1-3-10-19)13-15-25(16-14-23)21-12-6-8-18-7-4-5-11-20(18)21;/h1-5,7,9-11,21H,6,8,12-17H2,(H,24,27);1H/t21-;/m0./s1. The Kier molecular flexibility index (Phi) is 5.35. The molecule has 0 saturated carbocycles. The minimum Gasteiger partial charge on any atom is -0.339 e. The highest BCUT2D eigenvalue weighted by Gasteiger charge is 2.51. The van der Waals surface area contributed by atoms with E-state index in [4.69, 9.17) is 0 Å². The first-order chi connectivity index (χ1) is 13.3. The number of nitrogens with zero attached hydrogens (tertiary/aromatic N) is 2. The average Bonchev–Trinajstić information content (AvgIpc) is 3.05. The third-order valence-corrected chi connectivity index (χ3v) is 6.81. The number of piperidine rings is 1. The number of carbonyl (C=O) groups excluding carboxylic acids is 1. The summed E-state index contributed by atoms with van der Waals surface area (Å²) in [5.41, 5.74) is 3.79. The highest BCUT2D eigenvalue weighted by Crippen LogP contribution is 2.41. The summed E-state index contributed by atoms with van der Waals surface area (Å²) >= 11 is 0. The normalized spacial score (nSPS) is 23.8. The number of amides is 1. The van der Waals surface area contributed by atoms with E-state index in [1.807, 2.05) is 6.07 Å². The molecule has 148 valence electrons. The van der Waals surface area contributed by atoms with Gasteiger partial charge in [0.05, 0.1) is 6.67 Å². The molecule has 1 atom stereocenters. The van der Waals surface area contributed by atoms with E-state index in [-0.39, 0.29) is 23.9 Å². The molecule has 2 aromatic carbocycles. The molecule has 28 heavy (non-hydrogen) atoms. The number of halogens is 1. The van der Waals surface area contributed by atoms with Gasteiger partial charge < -0.3 is 10.2 Å². The summed E-state index contributed by atoms with van der Waals surface area (Å²) in [6.45, 7) is 2.58. The van der Waals surface area contributed by atoms with Crippen molar-refractivity contribution in [3.8, 4) is 0 Å². The molecule has 2 saturated heterocycles. The maximum absolute atomic E-state index is 12.8. The van der Waals surface area contributed by atoms with Crippen molar-refractivity contribution in [2.24, 2.45) is 0 Å². The Labute approximate surface area is 173 Å². The molecule has 1 N–H and O–H groups in total. The van der Waals surface area contributed by atoms with E-state index in [9.17, 15) is 4.79 Å². The van der Waals surface area contributed by atoms with Gasteiger partial charge in [-0.25, -0.2) is 0 Å². The van der Waals surface area contributed by atoms with Crippen molar-refractivity contribution >= 4 is 24.0 Å². The number of benzene rings is 2. The highest BCUT2D eigenvalue weighted by molar-refractivity contribution is 5.93. The summed E-state index contributed by atoms with van der Waals surface area (Å²) in [5.74, 6) is 0.204. The topological polar surface area (TPSA) is 35.6 Å². The fourth-order valence-corrected chi connectivity index (χ4v) is 5.35. The zero-order chi connectivity index (χ0) is 18.3. The van der Waals surface area contributed by atoms with E-state index in [0.29, 0.717) is 12.7 Å². The molecule has 2 aromatic rings. The molecule has 4 nitrogen and oxygen atoms in total. The van der Waals surface area contributed by atoms with Crippen molar-refractivity contribution in [1.29, 1.82) is 0 Å². The van der Waals surface area contributed by atoms with Crippen molar-refractivity contribution in [2.45, 2.75) is 43.7 Å². The van der Waals surface area contributed by atoms with Gasteiger partial charge in [0.2, 0.25) is 5.91 Å². The van der Waals surface area contributed by atoms with Crippen molar-refractivity contribution in [2.75, 3.05) is 24.7 Å². The molecule has 0 radical (unpaired) electrons. The second kappa shape index (κ2) is 7.76. The van der Waals surface area contributed by atoms with Gasteiger partial charge in [-0.05, 0) is 55.4 Å². The van der Waals surface area contributed by atoms with Crippen LogP contribution in [-0.4, -0.2) is 36.1 Å². The van der Waals surface area contributed by atoms with Crippen LogP contribution in [0.4, 0.5) is 5.69 Å². The van der Waals surface area contributed by atoms with Crippen LogP contribution in [0.2, 0.25) is 0 Å². The fourth-order valence-electron chi connectivity index (χ4n) is 5.35. The van der Waals surface area contributed by atoms with E-state index >= 15 is 0 Å². The molecule has 1 amide bonds. The Morgan fingerprint density at radius 1 is 0.964 bits per heavy atom. The minimum atomic E-state index is -0.383. The SMILES string of the molecule is Cl.O=C1NCN(c2ccccc2)C12CCN([C@H]1CCCc3ccccc31)CC2. The number of fused-ring (bicyclic) bond motifs is 1. The van der Waals surface area contributed by atoms with Gasteiger partial charge in [0, 0.05) is 24.8 Å². The van der Waals surface area contributed by atoms with Gasteiger partial charge in [0.25, 0.3) is 0 Å². The van der Waals surface area contributed by atoms with Crippen LogP contribution in [0, 0.1) is 0 Å². The number of likely N-dealkylation sites (tertiary alicyclic amines) is 1. The van der Waals surface area contributed by atoms with Gasteiger partial charge in [0.1, 0.15) is 5.54 Å². The lowest BCUT2D eigenvalue weighted by Gasteiger charge is -2.46. The lowest BCUT2D eigenvalue weighted by molar-refractivity contribution is -0.125. The number of nitrogens with one attached hydrogen (secondary N) is 1. The maximum atomic E-state index is 12.8. The summed E-state index contributed by atoms with van der Waals surface area (Å²) in [7, 11) is 0. The molecule has 1 spiro atoms. The molecular weight excluding hydrogens is 370 g/mol. The Hall–Kier alpha value is -2.04. The molecule has 5 rings (SSSR count). The minimum absolute atomic E-state index is 0. The molecule has 5 heteroatoms. The van der Waals surface area contributed by atoms with E-state index in [0.717, 1.165) is 31.6 Å². The van der Waals surface area contributed by atoms with Crippen LogP contribution in [-0.2, 0) is 11.2 Å². The second-order valence-corrected chi connectivity index (χ2v) is 8.10. The molecule has 2 heterocycles. The van der Waals surface area contributed by atoms with Crippen LogP contribution in [0.15, 0.2) is 54.6 Å². The summed E-state index contributed by atoms with van der Waals surface area (Å²) < 4.78 is 0. The van der Waals surface area contributed by atoms with Gasteiger partial charge in [-0.1, -0.05) is 42.5 Å². The van der Waals surface area contributed by atoms with Crippen molar-refractivity contribution < 1.29 is 4.79 Å². The van der Waals surface area contributed by atoms with Crippen LogP contribution < -0.4 is 10.2 Å². The number of hydrogen-bond donors (Lipinski definition) is 1. The number of carbonyl (C=O) groups is 1. The van der Waals surface area contributed by atoms with Crippen LogP contribution in [0.5, 0.6) is 0 Å². The number of rotatable bonds is 2. The molecule has 2 aliphatic heterocycles. The quantitative estimate of drug-likeness (QED) is 0.834. The first kappa shape index (κ1) is 19.3. The number of para-hydroxylation sites is 1. The van der Waals surface area contributed by atoms with Crippen molar-refractivity contribution in [3.05, 3.63) is 65.7 Å². The number of hydrogen-bond acceptors (Lipinski definition) is 3. The summed E-state index contributed by atoms with van der Waals surface area (Å²) in [4.78, 5) is 17.8. The van der Waals surface area contributed by atoms with Gasteiger partial charge in [-0.3, -0.25) is 9.69 Å². The Bertz CT molecular complexity index is 833. The second-order valence-electron chi connectivity index (χ2n) is 8.10. The maximum Gasteiger partial charge on any atom is 0.247 e. The monoisotopic (exact) mass is 397 g/mol. The Morgan fingerprint density at radius 3 is 2.46 bits per heavy atom. The Morgan fingerprint density at radius 2 is 1.68 bits per heavy atom. The third kappa shape index (κ3) is 3.09. The Balaban J connectivity index is 0.00000192. The smallest absolute Gasteiger partial charge is 0.247 e. The largest absolute Gasteiger partial charge is 0.339 e. The lowest BCUT2D eigenvalue weighted by Crippen LogP contribution is -2.57. The van der Waals surface area contributed by atoms with Crippen LogP contribution >= 0.6 is 12.4 Å². The first-order valence-corrected chi connectivity index (χ1v) is 10.2. The van der Waals surface area contributed by atoms with Crippen LogP contribution in [0.1, 0.15) is 42.9 Å². The average molecular weight is 398 g/mol. The molecule has 3 aliphatic rings. The highest BCUT2D eigenvalue weighted by atomic mass is 35.5. The van der Waals surface area contributed by atoms with E-state index in [1.54, 1.807) is 0 Å². The summed E-state index contributed by atoms with van der Waals surface area (Å²) in [6, 6.07) is 19.8. The van der Waals surface area contributed by atoms with Crippen LogP contribution in [0.25, 0.3) is 0 Å². The summed E-state index contributed by atoms with van der Waals surface area (Å²) in [6.07, 6.45) is 5.49. The van der Waals surface area contributed by atoms with Gasteiger partial charge in [-0.2, -0.15) is 0 Å². The molecule has 0 bridgehead atoms. The number of aryl methyl sites for hydroxylation is 1. The number of anilines is 1. The van der Waals surface area contributed by atoms with Gasteiger partial charge >= 0.3 is 0 Å². The van der Waals surface area contributed by atoms with Crippen molar-refractivity contribution in [1.82, 2.24) is 10.2 Å².